The molecule has 2 unspecified atom stereocenters. The Morgan fingerprint density at radius 2 is 1.93 bits per heavy atom. The maximum absolute atomic E-state index is 13.0. The van der Waals surface area contributed by atoms with Crippen LogP contribution in [0, 0.1) is 17.2 Å². The van der Waals surface area contributed by atoms with Crippen molar-refractivity contribution in [1.29, 1.82) is 0 Å². The highest BCUT2D eigenvalue weighted by atomic mass is 35.5. The van der Waals surface area contributed by atoms with Gasteiger partial charge < -0.3 is 15.5 Å². The van der Waals surface area contributed by atoms with E-state index < -0.39 is 0 Å². The van der Waals surface area contributed by atoms with Crippen LogP contribution in [0.15, 0.2) is 24.3 Å². The number of nitrogens with two attached hydrogens (primary N) is 1. The highest BCUT2D eigenvalue weighted by Crippen LogP contribution is 2.31. The molecule has 0 aliphatic carbocycles. The molecule has 0 aromatic heterocycles. The van der Waals surface area contributed by atoms with Crippen LogP contribution in [0.4, 0.5) is 4.39 Å². The first kappa shape index (κ1) is 21.6. The van der Waals surface area contributed by atoms with E-state index in [2.05, 4.69) is 6.92 Å². The van der Waals surface area contributed by atoms with E-state index in [1.807, 2.05) is 4.90 Å². The van der Waals surface area contributed by atoms with Crippen molar-refractivity contribution in [2.24, 2.45) is 17.1 Å². The molecule has 7 heteroatoms. The van der Waals surface area contributed by atoms with E-state index in [4.69, 9.17) is 5.73 Å². The van der Waals surface area contributed by atoms with Crippen LogP contribution in [0.3, 0.4) is 0 Å². The molecule has 2 amide bonds. The molecule has 2 heterocycles. The maximum Gasteiger partial charge on any atom is 0.227 e. The summed E-state index contributed by atoms with van der Waals surface area (Å²) in [5.41, 5.74) is 6.65. The quantitative estimate of drug-likeness (QED) is 0.847. The number of hydrogen-bond acceptors (Lipinski definition) is 3. The average molecular weight is 398 g/mol. The van der Waals surface area contributed by atoms with Crippen LogP contribution in [-0.4, -0.2) is 54.3 Å². The molecule has 0 spiro atoms. The summed E-state index contributed by atoms with van der Waals surface area (Å²) in [5.74, 6) is -0.273. The molecule has 0 radical (unpaired) electrons. The Morgan fingerprint density at radius 1 is 1.22 bits per heavy atom. The van der Waals surface area contributed by atoms with Crippen molar-refractivity contribution in [3.8, 4) is 0 Å². The van der Waals surface area contributed by atoms with Gasteiger partial charge in [-0.1, -0.05) is 19.1 Å². The third kappa shape index (κ3) is 5.20. The third-order valence-electron chi connectivity index (χ3n) is 5.75. The lowest BCUT2D eigenvalue weighted by atomic mass is 9.90. The molecule has 1 aromatic carbocycles. The Balaban J connectivity index is 0.00000261. The first-order valence-corrected chi connectivity index (χ1v) is 9.41. The first-order valence-electron chi connectivity index (χ1n) is 9.41. The van der Waals surface area contributed by atoms with Gasteiger partial charge in [0, 0.05) is 26.2 Å². The minimum absolute atomic E-state index is 0. The van der Waals surface area contributed by atoms with Crippen molar-refractivity contribution >= 4 is 24.2 Å². The zero-order valence-corrected chi connectivity index (χ0v) is 16.6. The van der Waals surface area contributed by atoms with Crippen molar-refractivity contribution in [1.82, 2.24) is 9.80 Å². The molecule has 0 saturated carbocycles. The summed E-state index contributed by atoms with van der Waals surface area (Å²) in [6, 6.07) is 6.01. The number of carbonyl (C=O) groups excluding carboxylic acids is 2. The fraction of sp³-hybridized carbons (Fsp3) is 0.600. The summed E-state index contributed by atoms with van der Waals surface area (Å²) < 4.78 is 13.0. The number of nitrogens with zero attached hydrogens (tertiary/aromatic N) is 2. The summed E-state index contributed by atoms with van der Waals surface area (Å²) in [6.07, 6.45) is 2.86. The van der Waals surface area contributed by atoms with Gasteiger partial charge in [-0.3, -0.25) is 9.59 Å². The molecule has 150 valence electrons. The van der Waals surface area contributed by atoms with E-state index in [9.17, 15) is 14.0 Å². The number of carbonyl (C=O) groups is 2. The lowest BCUT2D eigenvalue weighted by molar-refractivity contribution is -0.140. The van der Waals surface area contributed by atoms with E-state index in [1.165, 1.54) is 12.1 Å². The molecule has 5 nitrogen and oxygen atoms in total. The largest absolute Gasteiger partial charge is 0.342 e. The summed E-state index contributed by atoms with van der Waals surface area (Å²) >= 11 is 0. The van der Waals surface area contributed by atoms with E-state index in [0.29, 0.717) is 26.2 Å². The average Bonchev–Trinajstić information content (AvgIpc) is 3.06. The Bertz CT molecular complexity index is 670. The first-order chi connectivity index (χ1) is 12.4. The van der Waals surface area contributed by atoms with Crippen molar-refractivity contribution in [3.05, 3.63) is 35.6 Å². The van der Waals surface area contributed by atoms with Crippen LogP contribution in [0.1, 0.15) is 31.7 Å². The number of halogens is 2. The van der Waals surface area contributed by atoms with Crippen molar-refractivity contribution in [2.75, 3.05) is 32.7 Å². The van der Waals surface area contributed by atoms with E-state index in [1.54, 1.807) is 17.0 Å². The number of piperidine rings is 1. The second-order valence-electron chi connectivity index (χ2n) is 8.01. The number of likely N-dealkylation sites (tertiary alicyclic amines) is 2. The van der Waals surface area contributed by atoms with Gasteiger partial charge in [-0.2, -0.15) is 0 Å². The molecule has 2 fully saturated rings. The monoisotopic (exact) mass is 397 g/mol. The van der Waals surface area contributed by atoms with Gasteiger partial charge in [0.25, 0.3) is 0 Å². The standard InChI is InChI=1S/C20H28FN3O2.ClH/c1-20(13-22)8-10-24(14-20)19(26)16-3-2-9-23(12-16)18(25)11-15-4-6-17(21)7-5-15;/h4-7,16H,2-3,8-14,22H2,1H3;1H. The molecule has 0 bridgehead atoms. The molecular weight excluding hydrogens is 369 g/mol. The molecule has 27 heavy (non-hydrogen) atoms. The highest BCUT2D eigenvalue weighted by Gasteiger charge is 2.38. The Labute approximate surface area is 166 Å². The summed E-state index contributed by atoms with van der Waals surface area (Å²) in [5, 5.41) is 0. The minimum Gasteiger partial charge on any atom is -0.342 e. The predicted octanol–water partition coefficient (Wildman–Crippen LogP) is 2.23. The van der Waals surface area contributed by atoms with Crippen molar-refractivity contribution < 1.29 is 14.0 Å². The minimum atomic E-state index is -0.306. The third-order valence-corrected chi connectivity index (χ3v) is 5.75. The zero-order chi connectivity index (χ0) is 18.7. The summed E-state index contributed by atoms with van der Waals surface area (Å²) in [7, 11) is 0. The fourth-order valence-electron chi connectivity index (χ4n) is 3.93. The molecule has 3 rings (SSSR count). The van der Waals surface area contributed by atoms with Crippen LogP contribution < -0.4 is 5.73 Å². The molecule has 2 aliphatic rings. The Morgan fingerprint density at radius 3 is 2.56 bits per heavy atom. The van der Waals surface area contributed by atoms with Gasteiger partial charge in [0.2, 0.25) is 11.8 Å². The Hall–Kier alpha value is -1.66. The summed E-state index contributed by atoms with van der Waals surface area (Å²) in [4.78, 5) is 29.2. The van der Waals surface area contributed by atoms with E-state index in [0.717, 1.165) is 31.4 Å². The fourth-order valence-corrected chi connectivity index (χ4v) is 3.93. The smallest absolute Gasteiger partial charge is 0.227 e. The van der Waals surface area contributed by atoms with Crippen molar-refractivity contribution in [2.45, 2.75) is 32.6 Å². The predicted molar refractivity (Wildman–Crippen MR) is 105 cm³/mol. The molecule has 2 N–H and O–H groups in total. The van der Waals surface area contributed by atoms with Gasteiger partial charge in [-0.05, 0) is 48.9 Å². The van der Waals surface area contributed by atoms with Crippen LogP contribution in [0.2, 0.25) is 0 Å². The van der Waals surface area contributed by atoms with Crippen LogP contribution >= 0.6 is 12.4 Å². The second-order valence-corrected chi connectivity index (χ2v) is 8.01. The van der Waals surface area contributed by atoms with Crippen LogP contribution in [0.5, 0.6) is 0 Å². The molecule has 1 aromatic rings. The molecule has 2 atom stereocenters. The molecule has 2 saturated heterocycles. The van der Waals surface area contributed by atoms with Gasteiger partial charge in [0.15, 0.2) is 0 Å². The number of rotatable bonds is 4. The SMILES string of the molecule is CC1(CN)CCN(C(=O)C2CCCN(C(=O)Cc3ccc(F)cc3)C2)C1.Cl. The van der Waals surface area contributed by atoms with Crippen molar-refractivity contribution in [3.63, 3.8) is 0 Å². The molecular formula is C20H29ClFN3O2. The van der Waals surface area contributed by atoms with Gasteiger partial charge in [0.1, 0.15) is 5.82 Å². The van der Waals surface area contributed by atoms with Gasteiger partial charge in [-0.25, -0.2) is 4.39 Å². The molecule has 2 aliphatic heterocycles. The second kappa shape index (κ2) is 9.02. The number of hydrogen-bond donors (Lipinski definition) is 1. The normalized spacial score (nSPS) is 25.2. The maximum atomic E-state index is 13.0. The lowest BCUT2D eigenvalue weighted by Gasteiger charge is -2.34. The van der Waals surface area contributed by atoms with Gasteiger partial charge in [0.05, 0.1) is 12.3 Å². The lowest BCUT2D eigenvalue weighted by Crippen LogP contribution is -2.47. The highest BCUT2D eigenvalue weighted by molar-refractivity contribution is 5.85. The van der Waals surface area contributed by atoms with E-state index in [-0.39, 0.29) is 47.8 Å². The van der Waals surface area contributed by atoms with Crippen LogP contribution in [0.25, 0.3) is 0 Å². The Kier molecular flexibility index (Phi) is 7.23. The van der Waals surface area contributed by atoms with E-state index >= 15 is 0 Å². The van der Waals surface area contributed by atoms with Gasteiger partial charge in [-0.15, -0.1) is 12.4 Å². The number of amides is 2. The topological polar surface area (TPSA) is 66.6 Å². The van der Waals surface area contributed by atoms with Crippen LogP contribution in [-0.2, 0) is 16.0 Å². The zero-order valence-electron chi connectivity index (χ0n) is 15.8. The van der Waals surface area contributed by atoms with Gasteiger partial charge >= 0.3 is 0 Å². The summed E-state index contributed by atoms with van der Waals surface area (Å²) in [6.45, 7) is 5.34. The number of benzene rings is 1.